The van der Waals surface area contributed by atoms with Gasteiger partial charge in [-0.2, -0.15) is 0 Å². The number of aryl methyl sites for hydroxylation is 1. The van der Waals surface area contributed by atoms with Crippen molar-refractivity contribution in [3.63, 3.8) is 0 Å². The molecule has 30 heavy (non-hydrogen) atoms. The molecule has 10 heteroatoms. The molecule has 3 unspecified atom stereocenters. The molecule has 2 heterocycles. The van der Waals surface area contributed by atoms with Crippen molar-refractivity contribution in [1.82, 2.24) is 25.0 Å². The zero-order chi connectivity index (χ0) is 21.3. The van der Waals surface area contributed by atoms with Crippen molar-refractivity contribution in [3.8, 4) is 11.3 Å². The van der Waals surface area contributed by atoms with Crippen molar-refractivity contribution in [2.24, 2.45) is 0 Å². The normalized spacial score (nSPS) is 21.7. The summed E-state index contributed by atoms with van der Waals surface area (Å²) in [6.45, 7) is 1.90. The van der Waals surface area contributed by atoms with Crippen molar-refractivity contribution in [1.29, 1.82) is 0 Å². The van der Waals surface area contributed by atoms with Gasteiger partial charge in [-0.1, -0.05) is 5.21 Å². The maximum absolute atomic E-state index is 12.9. The number of hydrogen-bond donors (Lipinski definition) is 3. The molecule has 3 N–H and O–H groups in total. The second-order valence-electron chi connectivity index (χ2n) is 7.46. The number of aliphatic hydroxyl groups excluding tert-OH is 2. The lowest BCUT2D eigenvalue weighted by molar-refractivity contribution is -0.0429. The van der Waals surface area contributed by atoms with E-state index in [1.807, 2.05) is 19.1 Å². The van der Waals surface area contributed by atoms with E-state index < -0.39 is 18.6 Å². The van der Waals surface area contributed by atoms with E-state index in [0.717, 1.165) is 17.5 Å². The molecule has 1 aliphatic rings. The molecule has 0 radical (unpaired) electrons. The van der Waals surface area contributed by atoms with Crippen LogP contribution in [0.4, 0.5) is 20.4 Å². The fraction of sp³-hybridized carbons (Fsp3) is 0.400. The lowest BCUT2D eigenvalue weighted by Gasteiger charge is -2.31. The standard InChI is InChI=1S/C20H22F2N6O2/c1-11-7-12(9-13(8-11)24-20-23-6-5-14(25-20)19(21)22)15-10-28(27-26-15)16-3-2-4-17(29)18(16)30/h5-10,16-19,29-30H,2-4H2,1H3,(H,23,24,25). The first-order valence-corrected chi connectivity index (χ1v) is 9.69. The maximum atomic E-state index is 12.9. The van der Waals surface area contributed by atoms with Gasteiger partial charge in [0, 0.05) is 17.4 Å². The minimum Gasteiger partial charge on any atom is -0.390 e. The van der Waals surface area contributed by atoms with E-state index in [-0.39, 0.29) is 17.7 Å². The van der Waals surface area contributed by atoms with Crippen molar-refractivity contribution >= 4 is 11.6 Å². The van der Waals surface area contributed by atoms with E-state index in [1.165, 1.54) is 12.3 Å². The monoisotopic (exact) mass is 416 g/mol. The fourth-order valence-corrected chi connectivity index (χ4v) is 3.68. The van der Waals surface area contributed by atoms with Crippen LogP contribution in [0.3, 0.4) is 0 Å². The Morgan fingerprint density at radius 1 is 1.20 bits per heavy atom. The Morgan fingerprint density at radius 3 is 2.83 bits per heavy atom. The molecule has 3 atom stereocenters. The highest BCUT2D eigenvalue weighted by molar-refractivity contribution is 5.68. The molecule has 0 bridgehead atoms. The summed E-state index contributed by atoms with van der Waals surface area (Å²) in [5.41, 5.74) is 2.55. The summed E-state index contributed by atoms with van der Waals surface area (Å²) in [7, 11) is 0. The number of alkyl halides is 2. The van der Waals surface area contributed by atoms with Crippen LogP contribution in [0.1, 0.15) is 43.0 Å². The molecular weight excluding hydrogens is 394 g/mol. The number of aromatic nitrogens is 5. The quantitative estimate of drug-likeness (QED) is 0.586. The van der Waals surface area contributed by atoms with Gasteiger partial charge in [-0.3, -0.25) is 0 Å². The highest BCUT2D eigenvalue weighted by Crippen LogP contribution is 2.30. The number of nitrogens with one attached hydrogen (secondary N) is 1. The second kappa shape index (κ2) is 8.41. The number of aliphatic hydroxyl groups is 2. The van der Waals surface area contributed by atoms with E-state index in [4.69, 9.17) is 0 Å². The smallest absolute Gasteiger partial charge is 0.280 e. The molecule has 3 aromatic rings. The van der Waals surface area contributed by atoms with Crippen LogP contribution in [0.15, 0.2) is 36.7 Å². The molecule has 1 aliphatic carbocycles. The summed E-state index contributed by atoms with van der Waals surface area (Å²) in [6.07, 6.45) is 0.763. The van der Waals surface area contributed by atoms with Gasteiger partial charge in [0.05, 0.1) is 18.3 Å². The van der Waals surface area contributed by atoms with Gasteiger partial charge in [-0.05, 0) is 56.0 Å². The summed E-state index contributed by atoms with van der Waals surface area (Å²) in [5, 5.41) is 31.5. The number of benzene rings is 1. The predicted molar refractivity (Wildman–Crippen MR) is 105 cm³/mol. The Labute approximate surface area is 171 Å². The van der Waals surface area contributed by atoms with Crippen molar-refractivity contribution in [2.75, 3.05) is 5.32 Å². The van der Waals surface area contributed by atoms with Crippen LogP contribution >= 0.6 is 0 Å². The first-order valence-electron chi connectivity index (χ1n) is 9.69. The van der Waals surface area contributed by atoms with Gasteiger partial charge in [0.2, 0.25) is 5.95 Å². The van der Waals surface area contributed by atoms with E-state index in [1.54, 1.807) is 16.9 Å². The minimum atomic E-state index is -2.68. The van der Waals surface area contributed by atoms with E-state index in [0.29, 0.717) is 24.2 Å². The molecular formula is C20H22F2N6O2. The SMILES string of the molecule is Cc1cc(Nc2nccc(C(F)F)n2)cc(-c2cn(C3CCCC(O)C3O)nn2)c1. The number of halogens is 2. The van der Waals surface area contributed by atoms with Gasteiger partial charge in [0.1, 0.15) is 17.5 Å². The van der Waals surface area contributed by atoms with Gasteiger partial charge < -0.3 is 15.5 Å². The van der Waals surface area contributed by atoms with Crippen molar-refractivity contribution in [3.05, 3.63) is 47.9 Å². The highest BCUT2D eigenvalue weighted by atomic mass is 19.3. The van der Waals surface area contributed by atoms with Crippen LogP contribution < -0.4 is 5.32 Å². The number of hydrogen-bond acceptors (Lipinski definition) is 7. The molecule has 8 nitrogen and oxygen atoms in total. The van der Waals surface area contributed by atoms with Crippen LogP contribution in [0.5, 0.6) is 0 Å². The molecule has 1 fully saturated rings. The Morgan fingerprint density at radius 2 is 2.03 bits per heavy atom. The third-order valence-electron chi connectivity index (χ3n) is 5.17. The molecule has 158 valence electrons. The van der Waals surface area contributed by atoms with E-state index >= 15 is 0 Å². The number of anilines is 2. The first-order chi connectivity index (χ1) is 14.4. The molecule has 0 amide bonds. The van der Waals surface area contributed by atoms with Crippen LogP contribution in [-0.2, 0) is 0 Å². The van der Waals surface area contributed by atoms with Crippen molar-refractivity contribution < 1.29 is 19.0 Å². The number of nitrogens with zero attached hydrogens (tertiary/aromatic N) is 5. The predicted octanol–water partition coefficient (Wildman–Crippen LogP) is 3.17. The van der Waals surface area contributed by atoms with Crippen LogP contribution in [0.25, 0.3) is 11.3 Å². The third kappa shape index (κ3) is 4.29. The largest absolute Gasteiger partial charge is 0.390 e. The molecule has 0 saturated heterocycles. The summed E-state index contributed by atoms with van der Waals surface area (Å²) in [5.74, 6) is 0.0762. The highest BCUT2D eigenvalue weighted by Gasteiger charge is 2.32. The zero-order valence-corrected chi connectivity index (χ0v) is 16.3. The number of rotatable bonds is 5. The minimum absolute atomic E-state index is 0.0762. The molecule has 1 aromatic carbocycles. The van der Waals surface area contributed by atoms with E-state index in [2.05, 4.69) is 25.6 Å². The Balaban J connectivity index is 1.58. The average molecular weight is 416 g/mol. The summed E-state index contributed by atoms with van der Waals surface area (Å²) >= 11 is 0. The first kappa shape index (κ1) is 20.3. The molecule has 1 saturated carbocycles. The van der Waals surface area contributed by atoms with Gasteiger partial charge in [-0.25, -0.2) is 23.4 Å². The molecule has 2 aromatic heterocycles. The lowest BCUT2D eigenvalue weighted by Crippen LogP contribution is -2.38. The topological polar surface area (TPSA) is 109 Å². The summed E-state index contributed by atoms with van der Waals surface area (Å²) in [6, 6.07) is 6.40. The summed E-state index contributed by atoms with van der Waals surface area (Å²) in [4.78, 5) is 7.82. The Hall–Kier alpha value is -2.98. The third-order valence-corrected chi connectivity index (χ3v) is 5.17. The lowest BCUT2D eigenvalue weighted by atomic mass is 9.90. The zero-order valence-electron chi connectivity index (χ0n) is 16.3. The Kier molecular flexibility index (Phi) is 5.69. The molecule has 0 aliphatic heterocycles. The Bertz CT molecular complexity index is 1030. The van der Waals surface area contributed by atoms with Gasteiger partial charge in [0.25, 0.3) is 6.43 Å². The van der Waals surface area contributed by atoms with Crippen LogP contribution in [0, 0.1) is 6.92 Å². The average Bonchev–Trinajstić information content (AvgIpc) is 3.20. The van der Waals surface area contributed by atoms with Crippen molar-refractivity contribution in [2.45, 2.75) is 50.9 Å². The molecule has 0 spiro atoms. The van der Waals surface area contributed by atoms with Gasteiger partial charge >= 0.3 is 0 Å². The maximum Gasteiger partial charge on any atom is 0.280 e. The van der Waals surface area contributed by atoms with E-state index in [9.17, 15) is 19.0 Å². The fourth-order valence-electron chi connectivity index (χ4n) is 3.68. The summed E-state index contributed by atoms with van der Waals surface area (Å²) < 4.78 is 27.3. The second-order valence-corrected chi connectivity index (χ2v) is 7.46. The van der Waals surface area contributed by atoms with Crippen LogP contribution in [0.2, 0.25) is 0 Å². The van der Waals surface area contributed by atoms with Gasteiger partial charge in [-0.15, -0.1) is 5.10 Å². The van der Waals surface area contributed by atoms with Gasteiger partial charge in [0.15, 0.2) is 0 Å². The molecule has 4 rings (SSSR count). The van der Waals surface area contributed by atoms with Crippen LogP contribution in [-0.4, -0.2) is 47.4 Å².